The van der Waals surface area contributed by atoms with Crippen LogP contribution in [0.1, 0.15) is 38.5 Å². The Bertz CT molecular complexity index is 352. The highest BCUT2D eigenvalue weighted by atomic mass is 16.5. The molecule has 0 amide bonds. The fourth-order valence-corrected chi connectivity index (χ4v) is 2.70. The first-order valence-corrected chi connectivity index (χ1v) is 7.22. The molecule has 4 heteroatoms. The summed E-state index contributed by atoms with van der Waals surface area (Å²) in [6.45, 7) is 0.248. The minimum absolute atomic E-state index is 0.190. The van der Waals surface area contributed by atoms with Gasteiger partial charge in [0, 0.05) is 18.4 Å². The van der Waals surface area contributed by atoms with Crippen LogP contribution in [-0.4, -0.2) is 28.8 Å². The first kappa shape index (κ1) is 14.3. The maximum absolute atomic E-state index is 10.0. The van der Waals surface area contributed by atoms with Gasteiger partial charge in [-0.1, -0.05) is 32.1 Å². The van der Waals surface area contributed by atoms with Crippen LogP contribution in [0.4, 0.5) is 0 Å². The van der Waals surface area contributed by atoms with Crippen molar-refractivity contribution >= 4 is 0 Å². The molecule has 1 saturated carbocycles. The van der Waals surface area contributed by atoms with Gasteiger partial charge in [0.2, 0.25) is 0 Å². The molecule has 0 bridgehead atoms. The molecule has 19 heavy (non-hydrogen) atoms. The normalized spacial score (nSPS) is 19.9. The Kier molecular flexibility index (Phi) is 5.61. The highest BCUT2D eigenvalue weighted by Gasteiger charge is 2.22. The lowest BCUT2D eigenvalue weighted by Crippen LogP contribution is -2.40. The molecular weight excluding hydrogens is 240 g/mol. The standard InChI is InChI=1S/C15H24N2O2/c16-14(10-12-4-2-1-3-5-12)15(18)11-19-13-6-8-17-9-7-13/h6-9,12,14-15,18H,1-5,10-11,16H2. The van der Waals surface area contributed by atoms with Gasteiger partial charge < -0.3 is 15.6 Å². The van der Waals surface area contributed by atoms with Crippen LogP contribution in [0.15, 0.2) is 24.5 Å². The zero-order valence-corrected chi connectivity index (χ0v) is 11.4. The molecule has 0 aromatic carbocycles. The molecule has 0 spiro atoms. The van der Waals surface area contributed by atoms with Crippen LogP contribution in [0, 0.1) is 5.92 Å². The van der Waals surface area contributed by atoms with Crippen LogP contribution in [0.3, 0.4) is 0 Å². The van der Waals surface area contributed by atoms with Crippen LogP contribution in [-0.2, 0) is 0 Å². The summed E-state index contributed by atoms with van der Waals surface area (Å²) in [6.07, 6.45) is 10.1. The van der Waals surface area contributed by atoms with Crippen LogP contribution in [0.2, 0.25) is 0 Å². The maximum Gasteiger partial charge on any atom is 0.122 e. The van der Waals surface area contributed by atoms with Crippen molar-refractivity contribution in [2.24, 2.45) is 11.7 Å². The van der Waals surface area contributed by atoms with Gasteiger partial charge in [0.05, 0.1) is 0 Å². The largest absolute Gasteiger partial charge is 0.491 e. The summed E-state index contributed by atoms with van der Waals surface area (Å²) in [5.74, 6) is 1.40. The minimum atomic E-state index is -0.602. The number of aromatic nitrogens is 1. The molecule has 1 fully saturated rings. The number of rotatable bonds is 6. The molecule has 2 atom stereocenters. The number of aliphatic hydroxyl groups excluding tert-OH is 1. The number of nitrogens with two attached hydrogens (primary N) is 1. The molecule has 1 heterocycles. The molecule has 0 aliphatic heterocycles. The fraction of sp³-hybridized carbons (Fsp3) is 0.667. The first-order chi connectivity index (χ1) is 9.25. The average Bonchev–Trinajstić information content (AvgIpc) is 2.47. The molecular formula is C15H24N2O2. The van der Waals surface area contributed by atoms with Gasteiger partial charge in [0.15, 0.2) is 0 Å². The third-order valence-electron chi connectivity index (χ3n) is 3.89. The SMILES string of the molecule is NC(CC1CCCCC1)C(O)COc1ccncc1. The molecule has 2 unspecified atom stereocenters. The predicted molar refractivity (Wildman–Crippen MR) is 74.9 cm³/mol. The van der Waals surface area contributed by atoms with Crippen molar-refractivity contribution in [3.63, 3.8) is 0 Å². The topological polar surface area (TPSA) is 68.4 Å². The van der Waals surface area contributed by atoms with E-state index in [4.69, 9.17) is 10.5 Å². The lowest BCUT2D eigenvalue weighted by molar-refractivity contribution is 0.0747. The third-order valence-corrected chi connectivity index (χ3v) is 3.89. The summed E-state index contributed by atoms with van der Waals surface area (Å²) < 4.78 is 5.51. The predicted octanol–water partition coefficient (Wildman–Crippen LogP) is 2.12. The molecule has 1 aliphatic carbocycles. The molecule has 2 rings (SSSR count). The Morgan fingerprint density at radius 3 is 2.63 bits per heavy atom. The molecule has 4 nitrogen and oxygen atoms in total. The number of aliphatic hydroxyl groups is 1. The lowest BCUT2D eigenvalue weighted by atomic mass is 9.84. The fourth-order valence-electron chi connectivity index (χ4n) is 2.70. The Morgan fingerprint density at radius 1 is 1.26 bits per heavy atom. The number of nitrogens with zero attached hydrogens (tertiary/aromatic N) is 1. The van der Waals surface area contributed by atoms with Gasteiger partial charge in [0.1, 0.15) is 18.5 Å². The van der Waals surface area contributed by atoms with Crippen LogP contribution >= 0.6 is 0 Å². The summed E-state index contributed by atoms with van der Waals surface area (Å²) in [7, 11) is 0. The van der Waals surface area contributed by atoms with Crippen molar-refractivity contribution in [2.75, 3.05) is 6.61 Å². The van der Waals surface area contributed by atoms with E-state index in [1.165, 1.54) is 32.1 Å². The van der Waals surface area contributed by atoms with E-state index in [9.17, 15) is 5.11 Å². The zero-order valence-electron chi connectivity index (χ0n) is 11.4. The smallest absolute Gasteiger partial charge is 0.122 e. The quantitative estimate of drug-likeness (QED) is 0.826. The van der Waals surface area contributed by atoms with E-state index >= 15 is 0 Å². The van der Waals surface area contributed by atoms with Gasteiger partial charge >= 0.3 is 0 Å². The van der Waals surface area contributed by atoms with Gasteiger partial charge in [-0.3, -0.25) is 4.98 Å². The molecule has 0 radical (unpaired) electrons. The van der Waals surface area contributed by atoms with Gasteiger partial charge in [0.25, 0.3) is 0 Å². The summed E-state index contributed by atoms with van der Waals surface area (Å²) in [5, 5.41) is 10.0. The summed E-state index contributed by atoms with van der Waals surface area (Å²) in [4.78, 5) is 3.92. The van der Waals surface area contributed by atoms with Crippen molar-refractivity contribution in [1.29, 1.82) is 0 Å². The Morgan fingerprint density at radius 2 is 1.95 bits per heavy atom. The summed E-state index contributed by atoms with van der Waals surface area (Å²) in [5.41, 5.74) is 6.07. The van der Waals surface area contributed by atoms with Crippen molar-refractivity contribution in [3.05, 3.63) is 24.5 Å². The highest BCUT2D eigenvalue weighted by Crippen LogP contribution is 2.27. The van der Waals surface area contributed by atoms with Gasteiger partial charge in [-0.15, -0.1) is 0 Å². The van der Waals surface area contributed by atoms with E-state index in [1.54, 1.807) is 24.5 Å². The van der Waals surface area contributed by atoms with Gasteiger partial charge in [-0.25, -0.2) is 0 Å². The Balaban J connectivity index is 1.71. The van der Waals surface area contributed by atoms with Crippen LogP contribution in [0.5, 0.6) is 5.75 Å². The zero-order chi connectivity index (χ0) is 13.5. The van der Waals surface area contributed by atoms with Crippen LogP contribution < -0.4 is 10.5 Å². The second-order valence-corrected chi connectivity index (χ2v) is 5.46. The number of pyridine rings is 1. The number of hydrogen-bond acceptors (Lipinski definition) is 4. The molecule has 106 valence electrons. The van der Waals surface area contributed by atoms with Gasteiger partial charge in [-0.05, 0) is 24.5 Å². The molecule has 1 aromatic rings. The molecule has 3 N–H and O–H groups in total. The number of hydrogen-bond donors (Lipinski definition) is 2. The Labute approximate surface area is 115 Å². The van der Waals surface area contributed by atoms with Crippen molar-refractivity contribution < 1.29 is 9.84 Å². The molecule has 1 aliphatic rings. The second-order valence-electron chi connectivity index (χ2n) is 5.46. The van der Waals surface area contributed by atoms with Crippen LogP contribution in [0.25, 0.3) is 0 Å². The summed E-state index contributed by atoms with van der Waals surface area (Å²) in [6, 6.07) is 3.36. The first-order valence-electron chi connectivity index (χ1n) is 7.22. The third kappa shape index (κ3) is 4.80. The number of ether oxygens (including phenoxy) is 1. The second kappa shape index (κ2) is 7.46. The minimum Gasteiger partial charge on any atom is -0.491 e. The van der Waals surface area contributed by atoms with E-state index in [0.717, 1.165) is 12.2 Å². The lowest BCUT2D eigenvalue weighted by Gasteiger charge is -2.27. The molecule has 0 saturated heterocycles. The van der Waals surface area contributed by atoms with E-state index in [0.29, 0.717) is 5.92 Å². The highest BCUT2D eigenvalue weighted by molar-refractivity contribution is 5.16. The Hall–Kier alpha value is -1.13. The summed E-state index contributed by atoms with van der Waals surface area (Å²) >= 11 is 0. The van der Waals surface area contributed by atoms with Crippen molar-refractivity contribution in [2.45, 2.75) is 50.7 Å². The average molecular weight is 264 g/mol. The van der Waals surface area contributed by atoms with Crippen molar-refractivity contribution in [1.82, 2.24) is 4.98 Å². The van der Waals surface area contributed by atoms with E-state index in [1.807, 2.05) is 0 Å². The van der Waals surface area contributed by atoms with Gasteiger partial charge in [-0.2, -0.15) is 0 Å². The monoisotopic (exact) mass is 264 g/mol. The van der Waals surface area contributed by atoms with E-state index < -0.39 is 6.10 Å². The van der Waals surface area contributed by atoms with E-state index in [2.05, 4.69) is 4.98 Å². The van der Waals surface area contributed by atoms with Crippen molar-refractivity contribution in [3.8, 4) is 5.75 Å². The maximum atomic E-state index is 10.0. The van der Waals surface area contributed by atoms with E-state index in [-0.39, 0.29) is 12.6 Å². The molecule has 1 aromatic heterocycles.